The van der Waals surface area contributed by atoms with Gasteiger partial charge in [0.25, 0.3) is 0 Å². The Morgan fingerprint density at radius 2 is 1.90 bits per heavy atom. The van der Waals surface area contributed by atoms with Crippen LogP contribution in [-0.4, -0.2) is 60.0 Å². The fraction of sp³-hybridized carbons (Fsp3) is 0.619. The van der Waals surface area contributed by atoms with E-state index < -0.39 is 17.7 Å². The van der Waals surface area contributed by atoms with Gasteiger partial charge in [-0.25, -0.2) is 4.79 Å². The largest absolute Gasteiger partial charge is 0.438 e. The van der Waals surface area contributed by atoms with Crippen molar-refractivity contribution in [3.05, 3.63) is 35.9 Å². The van der Waals surface area contributed by atoms with Gasteiger partial charge in [0.15, 0.2) is 11.9 Å². The van der Waals surface area contributed by atoms with E-state index in [0.29, 0.717) is 32.6 Å². The molecule has 0 fully saturated rings. The number of benzene rings is 1. The third-order valence-corrected chi connectivity index (χ3v) is 4.53. The maximum absolute atomic E-state index is 12.6. The number of carbonyl (C=O) groups excluding carboxylic acids is 1. The van der Waals surface area contributed by atoms with Crippen LogP contribution in [0.4, 0.5) is 4.79 Å². The number of carbonyl (C=O) groups is 1. The lowest BCUT2D eigenvalue weighted by molar-refractivity contribution is -0.00887. The second kappa shape index (κ2) is 12.3. The van der Waals surface area contributed by atoms with E-state index in [-0.39, 0.29) is 11.9 Å². The molecule has 0 aliphatic carbocycles. The highest BCUT2D eigenvalue weighted by atomic mass is 16.6. The smallest absolute Gasteiger partial charge is 0.410 e. The van der Waals surface area contributed by atoms with Gasteiger partial charge in [0.1, 0.15) is 0 Å². The van der Waals surface area contributed by atoms with Crippen LogP contribution in [0.1, 0.15) is 46.1 Å². The van der Waals surface area contributed by atoms with Gasteiger partial charge >= 0.3 is 6.09 Å². The van der Waals surface area contributed by atoms with E-state index >= 15 is 0 Å². The molecule has 0 saturated heterocycles. The van der Waals surface area contributed by atoms with E-state index in [4.69, 9.17) is 25.2 Å². The number of hydrogen-bond acceptors (Lipinski definition) is 6. The van der Waals surface area contributed by atoms with Crippen LogP contribution in [0.5, 0.6) is 0 Å². The zero-order valence-electron chi connectivity index (χ0n) is 18.1. The molecule has 0 spiro atoms. The maximum atomic E-state index is 12.6. The molecule has 2 atom stereocenters. The Labute approximate surface area is 173 Å². The van der Waals surface area contributed by atoms with Crippen molar-refractivity contribution in [3.63, 3.8) is 0 Å². The number of methoxy groups -OCH3 is 1. The van der Waals surface area contributed by atoms with Crippen LogP contribution in [0, 0.1) is 0 Å². The van der Waals surface area contributed by atoms with E-state index in [1.54, 1.807) is 12.0 Å². The van der Waals surface area contributed by atoms with Gasteiger partial charge in [-0.3, -0.25) is 0 Å². The van der Waals surface area contributed by atoms with E-state index in [9.17, 15) is 4.79 Å². The van der Waals surface area contributed by atoms with Gasteiger partial charge in [0.2, 0.25) is 0 Å². The predicted octanol–water partition coefficient (Wildman–Crippen LogP) is 3.37. The monoisotopic (exact) mass is 409 g/mol. The summed E-state index contributed by atoms with van der Waals surface area (Å²) in [6.07, 6.45) is -0.713. The van der Waals surface area contributed by atoms with Gasteiger partial charge in [0.05, 0.1) is 19.3 Å². The number of nitrogens with zero attached hydrogens (tertiary/aromatic N) is 2. The summed E-state index contributed by atoms with van der Waals surface area (Å²) in [7, 11) is 1.60. The zero-order valence-corrected chi connectivity index (χ0v) is 18.1. The topological polar surface area (TPSA) is 107 Å². The van der Waals surface area contributed by atoms with Crippen LogP contribution in [0.3, 0.4) is 0 Å². The molecule has 29 heavy (non-hydrogen) atoms. The SMILES string of the molecule is CCN(C(=O)OC(CC[C@@H](COCc1ccccc1)OC)C(N)=NO)C(C)(C)C. The van der Waals surface area contributed by atoms with Gasteiger partial charge in [-0.05, 0) is 46.1 Å². The molecule has 1 unspecified atom stereocenters. The first-order valence-electron chi connectivity index (χ1n) is 9.83. The molecule has 1 aromatic carbocycles. The normalized spacial score (nSPS) is 14.3. The van der Waals surface area contributed by atoms with E-state index in [1.165, 1.54) is 0 Å². The average Bonchev–Trinajstić information content (AvgIpc) is 2.69. The fourth-order valence-electron chi connectivity index (χ4n) is 2.88. The number of hydrogen-bond donors (Lipinski definition) is 2. The molecule has 8 heteroatoms. The molecule has 0 saturated carbocycles. The Kier molecular flexibility index (Phi) is 10.5. The highest BCUT2D eigenvalue weighted by Crippen LogP contribution is 2.17. The number of amides is 1. The van der Waals surface area contributed by atoms with Crippen LogP contribution >= 0.6 is 0 Å². The summed E-state index contributed by atoms with van der Waals surface area (Å²) >= 11 is 0. The van der Waals surface area contributed by atoms with Crippen LogP contribution in [0.2, 0.25) is 0 Å². The van der Waals surface area contributed by atoms with Crippen molar-refractivity contribution >= 4 is 11.9 Å². The standard InChI is InChI=1S/C21H35N3O5/c1-6-24(21(2,3)4)20(25)29-18(19(22)23-26)13-12-17(27-5)15-28-14-16-10-8-7-9-11-16/h7-11,17-18,26H,6,12-15H2,1-5H3,(H2,22,23)/t17-,18?/m0/s1. The molecule has 1 aromatic rings. The van der Waals surface area contributed by atoms with Crippen molar-refractivity contribution in [1.29, 1.82) is 0 Å². The summed E-state index contributed by atoms with van der Waals surface area (Å²) in [5.41, 5.74) is 6.43. The summed E-state index contributed by atoms with van der Waals surface area (Å²) in [6, 6.07) is 9.85. The van der Waals surface area contributed by atoms with Gasteiger partial charge in [-0.15, -0.1) is 0 Å². The predicted molar refractivity (Wildman–Crippen MR) is 112 cm³/mol. The second-order valence-corrected chi connectivity index (χ2v) is 7.75. The Balaban J connectivity index is 2.61. The zero-order chi connectivity index (χ0) is 21.9. The van der Waals surface area contributed by atoms with Crippen molar-refractivity contribution in [2.45, 2.75) is 64.9 Å². The van der Waals surface area contributed by atoms with Gasteiger partial charge < -0.3 is 30.1 Å². The molecule has 8 nitrogen and oxygen atoms in total. The van der Waals surface area contributed by atoms with Crippen LogP contribution in [0.25, 0.3) is 0 Å². The Morgan fingerprint density at radius 3 is 2.41 bits per heavy atom. The summed E-state index contributed by atoms with van der Waals surface area (Å²) in [5.74, 6) is -0.150. The highest BCUT2D eigenvalue weighted by molar-refractivity contribution is 5.86. The first kappa shape index (κ1) is 24.7. The minimum absolute atomic E-state index is 0.150. The molecule has 1 rings (SSSR count). The Hall–Kier alpha value is -2.32. The average molecular weight is 410 g/mol. The molecule has 1 amide bonds. The summed E-state index contributed by atoms with van der Waals surface area (Å²) in [6.45, 7) is 8.97. The van der Waals surface area contributed by atoms with Crippen molar-refractivity contribution in [2.75, 3.05) is 20.3 Å². The lowest BCUT2D eigenvalue weighted by Gasteiger charge is -2.35. The number of nitrogens with two attached hydrogens (primary N) is 1. The van der Waals surface area contributed by atoms with E-state index in [2.05, 4.69) is 5.16 Å². The highest BCUT2D eigenvalue weighted by Gasteiger charge is 2.30. The van der Waals surface area contributed by atoms with Gasteiger partial charge in [-0.1, -0.05) is 35.5 Å². The molecule has 0 aliphatic heterocycles. The van der Waals surface area contributed by atoms with E-state index in [0.717, 1.165) is 5.56 Å². The maximum Gasteiger partial charge on any atom is 0.410 e. The van der Waals surface area contributed by atoms with Crippen LogP contribution < -0.4 is 5.73 Å². The molecular weight excluding hydrogens is 374 g/mol. The van der Waals surface area contributed by atoms with Crippen molar-refractivity contribution < 1.29 is 24.2 Å². The molecule has 0 aromatic heterocycles. The van der Waals surface area contributed by atoms with Gasteiger partial charge in [0, 0.05) is 19.2 Å². The molecule has 164 valence electrons. The first-order valence-corrected chi connectivity index (χ1v) is 9.83. The van der Waals surface area contributed by atoms with Crippen molar-refractivity contribution in [1.82, 2.24) is 4.90 Å². The Morgan fingerprint density at radius 1 is 1.24 bits per heavy atom. The minimum atomic E-state index is -0.851. The third-order valence-electron chi connectivity index (χ3n) is 4.53. The van der Waals surface area contributed by atoms with Crippen molar-refractivity contribution in [3.8, 4) is 0 Å². The molecular formula is C21H35N3O5. The molecule has 0 aliphatic rings. The number of ether oxygens (including phenoxy) is 3. The fourth-order valence-corrected chi connectivity index (χ4v) is 2.88. The van der Waals surface area contributed by atoms with Gasteiger partial charge in [-0.2, -0.15) is 0 Å². The number of amidine groups is 1. The number of rotatable bonds is 11. The lowest BCUT2D eigenvalue weighted by atomic mass is 10.1. The minimum Gasteiger partial charge on any atom is -0.438 e. The summed E-state index contributed by atoms with van der Waals surface area (Å²) in [4.78, 5) is 14.1. The summed E-state index contributed by atoms with van der Waals surface area (Å²) < 4.78 is 16.7. The van der Waals surface area contributed by atoms with E-state index in [1.807, 2.05) is 58.0 Å². The van der Waals surface area contributed by atoms with Crippen molar-refractivity contribution in [2.24, 2.45) is 10.9 Å². The molecule has 0 heterocycles. The third kappa shape index (κ3) is 8.70. The second-order valence-electron chi connectivity index (χ2n) is 7.75. The molecule has 0 radical (unpaired) electrons. The summed E-state index contributed by atoms with van der Waals surface area (Å²) in [5, 5.41) is 12.1. The number of oxime groups is 1. The van der Waals surface area contributed by atoms with Crippen LogP contribution in [0.15, 0.2) is 35.5 Å². The quantitative estimate of drug-likeness (QED) is 0.251. The van der Waals surface area contributed by atoms with Crippen LogP contribution in [-0.2, 0) is 20.8 Å². The first-order chi connectivity index (χ1) is 13.7. The molecule has 3 N–H and O–H groups in total. The lowest BCUT2D eigenvalue weighted by Crippen LogP contribution is -2.48. The molecule has 0 bridgehead atoms. The Bertz CT molecular complexity index is 631.